The largest absolute Gasteiger partial charge is 0.465 e. The normalized spacial score (nSPS) is 17.9. The zero-order chi connectivity index (χ0) is 16.6. The summed E-state index contributed by atoms with van der Waals surface area (Å²) in [4.78, 5) is 40.7. The number of nitrogens with zero attached hydrogens (tertiary/aromatic N) is 2. The molecule has 1 saturated heterocycles. The molecule has 0 saturated carbocycles. The Morgan fingerprint density at radius 3 is 2.87 bits per heavy atom. The van der Waals surface area contributed by atoms with Crippen LogP contribution in [0.15, 0.2) is 35.8 Å². The molecule has 1 aliphatic heterocycles. The molecule has 0 bridgehead atoms. The molecule has 2 amide bonds. The summed E-state index contributed by atoms with van der Waals surface area (Å²) in [6.07, 6.45) is 1.68. The topological polar surface area (TPSA) is 90.3 Å². The average molecular weight is 313 g/mol. The lowest BCUT2D eigenvalue weighted by molar-refractivity contribution is -0.135. The Hall–Kier alpha value is -2.96. The van der Waals surface area contributed by atoms with Crippen molar-refractivity contribution >= 4 is 22.7 Å². The van der Waals surface area contributed by atoms with Crippen molar-refractivity contribution in [2.24, 2.45) is 0 Å². The Labute approximate surface area is 131 Å². The molecule has 23 heavy (non-hydrogen) atoms. The zero-order valence-electron chi connectivity index (χ0n) is 12.5. The molecule has 1 aromatic carbocycles. The van der Waals surface area contributed by atoms with Crippen LogP contribution in [0.25, 0.3) is 10.9 Å². The maximum atomic E-state index is 12.9. The van der Waals surface area contributed by atoms with Gasteiger partial charge < -0.3 is 4.74 Å². The van der Waals surface area contributed by atoms with Crippen molar-refractivity contribution in [3.8, 4) is 5.75 Å². The molecule has 1 atom stereocenters. The quantitative estimate of drug-likeness (QED) is 0.679. The van der Waals surface area contributed by atoms with E-state index in [0.29, 0.717) is 17.1 Å². The number of nitrogens with one attached hydrogen (secondary N) is 1. The van der Waals surface area contributed by atoms with E-state index in [2.05, 4.69) is 16.9 Å². The summed E-state index contributed by atoms with van der Waals surface area (Å²) in [5.74, 6) is -0.0834. The minimum Gasteiger partial charge on any atom is -0.465 e. The third kappa shape index (κ3) is 2.50. The third-order valence-corrected chi connectivity index (χ3v) is 3.80. The number of aryl methyl sites for hydroxylation is 1. The second-order valence-electron chi connectivity index (χ2n) is 5.24. The smallest absolute Gasteiger partial charge is 0.265 e. The summed E-state index contributed by atoms with van der Waals surface area (Å²) in [6.45, 7) is 5.15. The molecule has 1 fully saturated rings. The van der Waals surface area contributed by atoms with Crippen LogP contribution in [0, 0.1) is 6.92 Å². The number of rotatable bonds is 3. The number of hydrogen-bond donors (Lipinski definition) is 1. The molecule has 1 N–H and O–H groups in total. The van der Waals surface area contributed by atoms with Gasteiger partial charge in [-0.15, -0.1) is 0 Å². The Morgan fingerprint density at radius 1 is 1.39 bits per heavy atom. The molecule has 0 radical (unpaired) electrons. The number of benzene rings is 1. The van der Waals surface area contributed by atoms with Gasteiger partial charge in [0.05, 0.1) is 11.8 Å². The van der Waals surface area contributed by atoms with Crippen LogP contribution in [0.3, 0.4) is 0 Å². The summed E-state index contributed by atoms with van der Waals surface area (Å²) in [5, 5.41) is 2.54. The van der Waals surface area contributed by atoms with Crippen LogP contribution in [0.1, 0.15) is 24.7 Å². The minimum absolute atomic E-state index is 0.186. The number of piperidine rings is 1. The van der Waals surface area contributed by atoms with E-state index in [1.54, 1.807) is 25.1 Å². The molecule has 7 nitrogen and oxygen atoms in total. The fraction of sp³-hybridized carbons (Fsp3) is 0.250. The number of fused-ring (bicyclic) bond motifs is 1. The van der Waals surface area contributed by atoms with Crippen LogP contribution in [0.2, 0.25) is 0 Å². The predicted molar refractivity (Wildman–Crippen MR) is 83.0 cm³/mol. The highest BCUT2D eigenvalue weighted by Gasteiger charge is 2.30. The second-order valence-corrected chi connectivity index (χ2v) is 5.24. The number of aromatic nitrogens is 2. The molecule has 3 rings (SSSR count). The van der Waals surface area contributed by atoms with Gasteiger partial charge in [0, 0.05) is 6.42 Å². The van der Waals surface area contributed by atoms with Crippen molar-refractivity contribution < 1.29 is 14.3 Å². The van der Waals surface area contributed by atoms with Gasteiger partial charge in [0.2, 0.25) is 11.8 Å². The maximum absolute atomic E-state index is 12.9. The fourth-order valence-electron chi connectivity index (χ4n) is 2.81. The van der Waals surface area contributed by atoms with Gasteiger partial charge in [-0.3, -0.25) is 24.3 Å². The summed E-state index contributed by atoms with van der Waals surface area (Å²) >= 11 is 0. The number of carbonyl (C=O) groups excluding carboxylic acids is 2. The van der Waals surface area contributed by atoms with Crippen LogP contribution < -0.4 is 15.6 Å². The molecule has 2 aromatic rings. The van der Waals surface area contributed by atoms with E-state index in [9.17, 15) is 14.4 Å². The molecular formula is C16H15N3O4. The first kappa shape index (κ1) is 15.0. The molecule has 2 heterocycles. The van der Waals surface area contributed by atoms with Crippen molar-refractivity contribution in [3.05, 3.63) is 47.2 Å². The van der Waals surface area contributed by atoms with Gasteiger partial charge in [-0.05, 0) is 25.5 Å². The van der Waals surface area contributed by atoms with Gasteiger partial charge in [0.15, 0.2) is 0 Å². The number of carbonyl (C=O) groups is 2. The SMILES string of the molecule is C=COc1cccc2nc(C)n(C3CCC(=O)NC3=O)c(=O)c12. The van der Waals surface area contributed by atoms with Crippen LogP contribution >= 0.6 is 0 Å². The highest BCUT2D eigenvalue weighted by atomic mass is 16.5. The predicted octanol–water partition coefficient (Wildman–Crippen LogP) is 1.20. The Kier molecular flexibility index (Phi) is 3.69. The number of hydrogen-bond acceptors (Lipinski definition) is 5. The summed E-state index contributed by atoms with van der Waals surface area (Å²) in [5.41, 5.74) is 0.106. The Balaban J connectivity index is 2.23. The van der Waals surface area contributed by atoms with Crippen LogP contribution in [0.4, 0.5) is 0 Å². The lowest BCUT2D eigenvalue weighted by atomic mass is 10.1. The Morgan fingerprint density at radius 2 is 2.17 bits per heavy atom. The van der Waals surface area contributed by atoms with Crippen molar-refractivity contribution in [3.63, 3.8) is 0 Å². The summed E-state index contributed by atoms with van der Waals surface area (Å²) < 4.78 is 6.60. The minimum atomic E-state index is -0.756. The van der Waals surface area contributed by atoms with Gasteiger partial charge in [-0.25, -0.2) is 4.98 Å². The number of ether oxygens (including phenoxy) is 1. The van der Waals surface area contributed by atoms with E-state index in [0.717, 1.165) is 0 Å². The molecule has 1 aliphatic rings. The first-order chi connectivity index (χ1) is 11.0. The number of amides is 2. The monoisotopic (exact) mass is 313 g/mol. The highest BCUT2D eigenvalue weighted by Crippen LogP contribution is 2.24. The standard InChI is InChI=1S/C16H15N3O4/c1-3-23-12-6-4-5-10-14(12)16(22)19(9(2)17-10)11-7-8-13(20)18-15(11)21/h3-6,11H,1,7-8H2,2H3,(H,18,20,21). The van der Waals surface area contributed by atoms with Crippen LogP contribution in [-0.2, 0) is 9.59 Å². The van der Waals surface area contributed by atoms with Gasteiger partial charge >= 0.3 is 0 Å². The molecule has 0 aliphatic carbocycles. The second kappa shape index (κ2) is 5.68. The van der Waals surface area contributed by atoms with E-state index in [1.165, 1.54) is 10.8 Å². The van der Waals surface area contributed by atoms with Gasteiger partial charge in [0.25, 0.3) is 5.56 Å². The van der Waals surface area contributed by atoms with Crippen molar-refractivity contribution in [1.82, 2.24) is 14.9 Å². The van der Waals surface area contributed by atoms with Crippen LogP contribution in [0.5, 0.6) is 5.75 Å². The summed E-state index contributed by atoms with van der Waals surface area (Å²) in [7, 11) is 0. The Bertz CT molecular complexity index is 885. The molecular weight excluding hydrogens is 298 g/mol. The maximum Gasteiger partial charge on any atom is 0.265 e. The molecule has 1 unspecified atom stereocenters. The van der Waals surface area contributed by atoms with Gasteiger partial charge in [-0.1, -0.05) is 12.6 Å². The average Bonchev–Trinajstić information content (AvgIpc) is 2.49. The van der Waals surface area contributed by atoms with E-state index in [4.69, 9.17) is 4.74 Å². The zero-order valence-corrected chi connectivity index (χ0v) is 12.5. The van der Waals surface area contributed by atoms with Crippen LogP contribution in [-0.4, -0.2) is 21.4 Å². The lowest BCUT2D eigenvalue weighted by Crippen LogP contribution is -2.45. The fourth-order valence-corrected chi connectivity index (χ4v) is 2.81. The van der Waals surface area contributed by atoms with Crippen molar-refractivity contribution in [2.75, 3.05) is 0 Å². The number of imide groups is 1. The molecule has 0 spiro atoms. The first-order valence-electron chi connectivity index (χ1n) is 7.16. The molecule has 118 valence electrons. The molecule has 7 heteroatoms. The van der Waals surface area contributed by atoms with Crippen molar-refractivity contribution in [2.45, 2.75) is 25.8 Å². The summed E-state index contributed by atoms with van der Waals surface area (Å²) in [6, 6.07) is 4.31. The lowest BCUT2D eigenvalue weighted by Gasteiger charge is -2.24. The van der Waals surface area contributed by atoms with Crippen molar-refractivity contribution in [1.29, 1.82) is 0 Å². The first-order valence-corrected chi connectivity index (χ1v) is 7.16. The van der Waals surface area contributed by atoms with Gasteiger partial charge in [0.1, 0.15) is 23.0 Å². The van der Waals surface area contributed by atoms with E-state index >= 15 is 0 Å². The van der Waals surface area contributed by atoms with Gasteiger partial charge in [-0.2, -0.15) is 0 Å². The van der Waals surface area contributed by atoms with E-state index in [1.807, 2.05) is 0 Å². The molecule has 1 aromatic heterocycles. The third-order valence-electron chi connectivity index (χ3n) is 3.80. The highest BCUT2D eigenvalue weighted by molar-refractivity contribution is 5.99. The van der Waals surface area contributed by atoms with E-state index in [-0.39, 0.29) is 29.7 Å². The van der Waals surface area contributed by atoms with E-state index < -0.39 is 11.9 Å².